The summed E-state index contributed by atoms with van der Waals surface area (Å²) in [4.78, 5) is 0. The molecule has 0 radical (unpaired) electrons. The van der Waals surface area contributed by atoms with Crippen LogP contribution in [0, 0.1) is 11.6 Å². The maximum absolute atomic E-state index is 13.0. The molecule has 6 heteroatoms. The van der Waals surface area contributed by atoms with E-state index >= 15 is 0 Å². The summed E-state index contributed by atoms with van der Waals surface area (Å²) in [5.74, 6) is -2.69. The van der Waals surface area contributed by atoms with Crippen LogP contribution in [0.5, 0.6) is 5.75 Å². The Morgan fingerprint density at radius 3 is 2.60 bits per heavy atom. The monoisotopic (exact) mass is 281 g/mol. The Labute approximate surface area is 93.7 Å². The molecule has 1 aromatic carbocycles. The maximum atomic E-state index is 13.0. The lowest BCUT2D eigenvalue weighted by Crippen LogP contribution is -2.13. The number of phenolic OH excluding ortho intramolecular Hbond substituents is 1. The molecule has 0 fully saturated rings. The van der Waals surface area contributed by atoms with Crippen LogP contribution in [0.3, 0.4) is 0 Å². The zero-order chi connectivity index (χ0) is 11.6. The second-order valence-corrected chi connectivity index (χ2v) is 3.84. The van der Waals surface area contributed by atoms with Crippen molar-refractivity contribution in [1.29, 1.82) is 0 Å². The number of rotatable bonds is 3. The Kier molecular flexibility index (Phi) is 4.01. The molecule has 1 atom stereocenters. The molecule has 3 nitrogen and oxygen atoms in total. The average molecular weight is 282 g/mol. The summed E-state index contributed by atoms with van der Waals surface area (Å²) in [7, 11) is 0. The molecular weight excluding hydrogens is 272 g/mol. The second kappa shape index (κ2) is 4.87. The summed E-state index contributed by atoms with van der Waals surface area (Å²) in [5, 5.41) is 18.1. The lowest BCUT2D eigenvalue weighted by atomic mass is 10.0. The van der Waals surface area contributed by atoms with Crippen molar-refractivity contribution in [2.24, 2.45) is 5.73 Å². The zero-order valence-corrected chi connectivity index (χ0v) is 9.26. The lowest BCUT2D eigenvalue weighted by Gasteiger charge is -2.14. The number of aromatic hydroxyl groups is 1. The summed E-state index contributed by atoms with van der Waals surface area (Å²) in [5.41, 5.74) is 5.63. The Bertz CT molecular complexity index is 374. The fourth-order valence-corrected chi connectivity index (χ4v) is 1.60. The zero-order valence-electron chi connectivity index (χ0n) is 7.67. The van der Waals surface area contributed by atoms with Crippen LogP contribution >= 0.6 is 15.9 Å². The van der Waals surface area contributed by atoms with E-state index in [1.807, 2.05) is 0 Å². The van der Waals surface area contributed by atoms with Crippen LogP contribution in [0.2, 0.25) is 0 Å². The van der Waals surface area contributed by atoms with Gasteiger partial charge in [-0.2, -0.15) is 0 Å². The number of hydrogen-bond donors (Lipinski definition) is 3. The van der Waals surface area contributed by atoms with Crippen molar-refractivity contribution < 1.29 is 19.0 Å². The lowest BCUT2D eigenvalue weighted by molar-refractivity contribution is 0.275. The van der Waals surface area contributed by atoms with Crippen LogP contribution in [0.4, 0.5) is 8.78 Å². The van der Waals surface area contributed by atoms with E-state index in [9.17, 15) is 13.9 Å². The quantitative estimate of drug-likeness (QED) is 0.741. The molecular formula is C9H10BrF2NO2. The molecule has 0 aliphatic heterocycles. The summed E-state index contributed by atoms with van der Waals surface area (Å²) >= 11 is 2.72. The molecule has 0 spiro atoms. The largest absolute Gasteiger partial charge is 0.506 e. The van der Waals surface area contributed by atoms with Gasteiger partial charge in [-0.15, -0.1) is 0 Å². The van der Waals surface area contributed by atoms with Crippen molar-refractivity contribution in [1.82, 2.24) is 0 Å². The fraction of sp³-hybridized carbons (Fsp3) is 0.333. The number of aliphatic hydroxyl groups is 1. The highest BCUT2D eigenvalue weighted by molar-refractivity contribution is 9.10. The Hall–Kier alpha value is -0.720. The first-order chi connectivity index (χ1) is 6.99. The predicted octanol–water partition coefficient (Wildman–Crippen LogP) is 1.82. The fourth-order valence-electron chi connectivity index (χ4n) is 1.18. The van der Waals surface area contributed by atoms with Crippen molar-refractivity contribution in [2.75, 3.05) is 6.61 Å². The van der Waals surface area contributed by atoms with Crippen LogP contribution in [0.25, 0.3) is 0 Å². The molecule has 0 aliphatic rings. The molecule has 0 aromatic heterocycles. The highest BCUT2D eigenvalue weighted by Crippen LogP contribution is 2.35. The van der Waals surface area contributed by atoms with Gasteiger partial charge in [0.1, 0.15) is 5.75 Å². The third-order valence-corrected chi connectivity index (χ3v) is 2.73. The van der Waals surface area contributed by atoms with Gasteiger partial charge >= 0.3 is 0 Å². The first kappa shape index (κ1) is 12.4. The molecule has 4 N–H and O–H groups in total. The number of nitrogens with two attached hydrogens (primary N) is 1. The molecule has 84 valence electrons. The molecule has 0 aliphatic carbocycles. The van der Waals surface area contributed by atoms with Crippen molar-refractivity contribution in [3.8, 4) is 5.75 Å². The number of phenols is 1. The highest BCUT2D eigenvalue weighted by atomic mass is 79.9. The Balaban J connectivity index is 3.19. The van der Waals surface area contributed by atoms with Crippen LogP contribution in [-0.4, -0.2) is 16.8 Å². The van der Waals surface area contributed by atoms with Gasteiger partial charge in [-0.3, -0.25) is 0 Å². The topological polar surface area (TPSA) is 66.5 Å². The van der Waals surface area contributed by atoms with Gasteiger partial charge < -0.3 is 15.9 Å². The van der Waals surface area contributed by atoms with Gasteiger partial charge in [0.15, 0.2) is 11.6 Å². The Morgan fingerprint density at radius 2 is 2.07 bits per heavy atom. The molecule has 1 rings (SSSR count). The van der Waals surface area contributed by atoms with E-state index in [4.69, 9.17) is 10.8 Å². The van der Waals surface area contributed by atoms with Crippen LogP contribution < -0.4 is 5.73 Å². The SMILES string of the molecule is NC(CCO)c1cc(F)c(F)c(Br)c1O. The van der Waals surface area contributed by atoms with E-state index in [0.29, 0.717) is 0 Å². The molecule has 0 heterocycles. The van der Waals surface area contributed by atoms with Gasteiger partial charge in [-0.25, -0.2) is 8.78 Å². The van der Waals surface area contributed by atoms with Gasteiger partial charge in [0, 0.05) is 18.2 Å². The van der Waals surface area contributed by atoms with Crippen LogP contribution in [0.1, 0.15) is 18.0 Å². The van der Waals surface area contributed by atoms with Gasteiger partial charge in [0.2, 0.25) is 0 Å². The Morgan fingerprint density at radius 1 is 1.47 bits per heavy atom. The summed E-state index contributed by atoms with van der Waals surface area (Å²) < 4.78 is 25.6. The number of aliphatic hydroxyl groups excluding tert-OH is 1. The molecule has 0 saturated heterocycles. The van der Waals surface area contributed by atoms with Crippen LogP contribution in [0.15, 0.2) is 10.5 Å². The second-order valence-electron chi connectivity index (χ2n) is 3.04. The van der Waals surface area contributed by atoms with E-state index in [1.165, 1.54) is 0 Å². The minimum absolute atomic E-state index is 0.0647. The molecule has 1 aromatic rings. The van der Waals surface area contributed by atoms with Gasteiger partial charge in [-0.05, 0) is 28.4 Å². The molecule has 0 bridgehead atoms. The summed E-state index contributed by atoms with van der Waals surface area (Å²) in [6.45, 7) is -0.197. The number of hydrogen-bond acceptors (Lipinski definition) is 3. The van der Waals surface area contributed by atoms with Crippen molar-refractivity contribution in [2.45, 2.75) is 12.5 Å². The first-order valence-corrected chi connectivity index (χ1v) is 5.01. The number of halogens is 3. The van der Waals surface area contributed by atoms with E-state index in [2.05, 4.69) is 15.9 Å². The van der Waals surface area contributed by atoms with Crippen molar-refractivity contribution in [3.63, 3.8) is 0 Å². The minimum atomic E-state index is -1.16. The standard InChI is InChI=1S/C9H10BrF2NO2/c10-7-8(12)5(11)3-4(9(7)15)6(13)1-2-14/h3,6,14-15H,1-2,13H2. The maximum Gasteiger partial charge on any atom is 0.176 e. The van der Waals surface area contributed by atoms with Crippen molar-refractivity contribution in [3.05, 3.63) is 27.7 Å². The average Bonchev–Trinajstić information content (AvgIpc) is 2.20. The van der Waals surface area contributed by atoms with E-state index in [-0.39, 0.29) is 23.1 Å². The predicted molar refractivity (Wildman–Crippen MR) is 54.4 cm³/mol. The summed E-state index contributed by atoms with van der Waals surface area (Å²) in [6, 6.07) is 0.0943. The third kappa shape index (κ3) is 2.45. The molecule has 0 amide bonds. The first-order valence-electron chi connectivity index (χ1n) is 4.21. The summed E-state index contributed by atoms with van der Waals surface area (Å²) in [6.07, 6.45) is 0.158. The van der Waals surface area contributed by atoms with Gasteiger partial charge in [0.25, 0.3) is 0 Å². The van der Waals surface area contributed by atoms with Crippen LogP contribution in [-0.2, 0) is 0 Å². The number of benzene rings is 1. The highest BCUT2D eigenvalue weighted by Gasteiger charge is 2.19. The van der Waals surface area contributed by atoms with Gasteiger partial charge in [-0.1, -0.05) is 0 Å². The normalized spacial score (nSPS) is 12.9. The molecule has 1 unspecified atom stereocenters. The van der Waals surface area contributed by atoms with Crippen molar-refractivity contribution >= 4 is 15.9 Å². The smallest absolute Gasteiger partial charge is 0.176 e. The van der Waals surface area contributed by atoms with E-state index < -0.39 is 23.4 Å². The third-order valence-electron chi connectivity index (χ3n) is 2.01. The van der Waals surface area contributed by atoms with E-state index in [1.54, 1.807) is 0 Å². The molecule has 0 saturated carbocycles. The minimum Gasteiger partial charge on any atom is -0.506 e. The van der Waals surface area contributed by atoms with Gasteiger partial charge in [0.05, 0.1) is 4.47 Å². The molecule has 15 heavy (non-hydrogen) atoms. The van der Waals surface area contributed by atoms with E-state index in [0.717, 1.165) is 6.07 Å².